The molecule has 0 saturated heterocycles. The zero-order chi connectivity index (χ0) is 23.5. The monoisotopic (exact) mass is 482 g/mol. The summed E-state index contributed by atoms with van der Waals surface area (Å²) < 4.78 is 10.6. The van der Waals surface area contributed by atoms with Gasteiger partial charge in [-0.05, 0) is 85.1 Å². The molecule has 3 nitrogen and oxygen atoms in total. The van der Waals surface area contributed by atoms with Gasteiger partial charge in [0.1, 0.15) is 5.75 Å². The summed E-state index contributed by atoms with van der Waals surface area (Å²) in [7, 11) is 0. The molecule has 0 bridgehead atoms. The second-order valence-electron chi connectivity index (χ2n) is 8.27. The molecular weight excluding hydrogens is 452 g/mol. The third kappa shape index (κ3) is 8.18. The van der Waals surface area contributed by atoms with Gasteiger partial charge in [0.25, 0.3) is 0 Å². The van der Waals surface area contributed by atoms with Crippen LogP contribution in [0.1, 0.15) is 54.7 Å². The number of hydrogen-bond donors (Lipinski definition) is 0. The highest BCUT2D eigenvalue weighted by atomic mass is 35.5. The molecular formula is C28H31ClO3S. The van der Waals surface area contributed by atoms with E-state index in [9.17, 15) is 4.79 Å². The van der Waals surface area contributed by atoms with Crippen LogP contribution < -0.4 is 4.74 Å². The molecule has 2 unspecified atom stereocenters. The molecule has 33 heavy (non-hydrogen) atoms. The molecule has 1 aliphatic rings. The van der Waals surface area contributed by atoms with Crippen LogP contribution in [0.3, 0.4) is 0 Å². The van der Waals surface area contributed by atoms with Crippen molar-refractivity contribution >= 4 is 29.3 Å². The lowest BCUT2D eigenvalue weighted by molar-refractivity contribution is -0.137. The number of rotatable bonds is 9. The van der Waals surface area contributed by atoms with Gasteiger partial charge in [-0.25, -0.2) is 4.79 Å². The van der Waals surface area contributed by atoms with Gasteiger partial charge in [-0.15, -0.1) is 0 Å². The van der Waals surface area contributed by atoms with Crippen LogP contribution in [0.2, 0.25) is 5.02 Å². The maximum Gasteiger partial charge on any atom is 0.330 e. The number of halogens is 1. The van der Waals surface area contributed by atoms with Crippen molar-refractivity contribution in [3.05, 3.63) is 76.8 Å². The molecule has 1 saturated carbocycles. The van der Waals surface area contributed by atoms with Gasteiger partial charge in [0.15, 0.2) is 0 Å². The normalized spacial score (nSPS) is 17.5. The number of esters is 1. The van der Waals surface area contributed by atoms with E-state index in [-0.39, 0.29) is 0 Å². The van der Waals surface area contributed by atoms with Crippen LogP contribution in [0, 0.1) is 17.8 Å². The zero-order valence-electron chi connectivity index (χ0n) is 19.1. The third-order valence-electron chi connectivity index (χ3n) is 5.81. The molecule has 2 aromatic rings. The second-order valence-corrected chi connectivity index (χ2v) is 9.59. The van der Waals surface area contributed by atoms with Crippen molar-refractivity contribution in [2.45, 2.75) is 38.0 Å². The first-order valence-corrected chi connectivity index (χ1v) is 13.2. The molecule has 0 N–H and O–H groups in total. The van der Waals surface area contributed by atoms with Gasteiger partial charge in [0.2, 0.25) is 0 Å². The molecule has 174 valence electrons. The van der Waals surface area contributed by atoms with Crippen LogP contribution in [-0.2, 0) is 9.53 Å². The summed E-state index contributed by atoms with van der Waals surface area (Å²) in [5.74, 6) is 9.41. The number of carbonyl (C=O) groups is 1. The Hall–Kier alpha value is -2.35. The van der Waals surface area contributed by atoms with E-state index in [0.29, 0.717) is 25.6 Å². The predicted molar refractivity (Wildman–Crippen MR) is 138 cm³/mol. The smallest absolute Gasteiger partial charge is 0.330 e. The van der Waals surface area contributed by atoms with Gasteiger partial charge in [-0.3, -0.25) is 0 Å². The number of hydrogen-bond acceptors (Lipinski definition) is 4. The van der Waals surface area contributed by atoms with E-state index in [4.69, 9.17) is 21.1 Å². The van der Waals surface area contributed by atoms with E-state index in [2.05, 4.69) is 42.9 Å². The molecule has 0 radical (unpaired) electrons. The van der Waals surface area contributed by atoms with E-state index < -0.39 is 5.97 Å². The Kier molecular flexibility index (Phi) is 10.2. The Morgan fingerprint density at radius 2 is 2.00 bits per heavy atom. The molecule has 1 aliphatic carbocycles. The number of benzene rings is 2. The molecule has 0 aliphatic heterocycles. The van der Waals surface area contributed by atoms with E-state index in [1.165, 1.54) is 37.0 Å². The highest BCUT2D eigenvalue weighted by Gasteiger charge is 2.23. The zero-order valence-corrected chi connectivity index (χ0v) is 20.7. The molecule has 5 heteroatoms. The predicted octanol–water partition coefficient (Wildman–Crippen LogP) is 6.87. The highest BCUT2D eigenvalue weighted by Crippen LogP contribution is 2.38. The molecule has 2 aromatic carbocycles. The number of thioether (sulfide) groups is 1. The van der Waals surface area contributed by atoms with Gasteiger partial charge < -0.3 is 9.47 Å². The van der Waals surface area contributed by atoms with Crippen molar-refractivity contribution < 1.29 is 14.3 Å². The molecule has 0 spiro atoms. The maximum absolute atomic E-state index is 11.0. The summed E-state index contributed by atoms with van der Waals surface area (Å²) in [6.07, 6.45) is 9.13. The van der Waals surface area contributed by atoms with Gasteiger partial charge in [0, 0.05) is 23.6 Å². The molecule has 3 rings (SSSR count). The van der Waals surface area contributed by atoms with Crippen molar-refractivity contribution in [1.29, 1.82) is 0 Å². The van der Waals surface area contributed by atoms with E-state index in [1.807, 2.05) is 36.0 Å². The lowest BCUT2D eigenvalue weighted by Gasteiger charge is -2.29. The molecule has 0 heterocycles. The Balaban J connectivity index is 1.53. The SMILES string of the molecule is C=CC(=O)OCCCOc1ccc(C#Cc2ccc(C3CCCC(CSC)C3)cc2Cl)cc1. The molecule has 0 aromatic heterocycles. The minimum atomic E-state index is -0.415. The third-order valence-corrected chi connectivity index (χ3v) is 6.93. The lowest BCUT2D eigenvalue weighted by atomic mass is 9.78. The fourth-order valence-electron chi connectivity index (χ4n) is 4.12. The van der Waals surface area contributed by atoms with Crippen molar-refractivity contribution in [3.8, 4) is 17.6 Å². The Morgan fingerprint density at radius 3 is 2.73 bits per heavy atom. The first-order chi connectivity index (χ1) is 16.1. The summed E-state index contributed by atoms with van der Waals surface area (Å²) in [5, 5.41) is 0.726. The van der Waals surface area contributed by atoms with Crippen molar-refractivity contribution in [2.75, 3.05) is 25.2 Å². The van der Waals surface area contributed by atoms with Gasteiger partial charge in [0.05, 0.1) is 18.2 Å². The van der Waals surface area contributed by atoms with Crippen LogP contribution in [-0.4, -0.2) is 31.2 Å². The van der Waals surface area contributed by atoms with E-state index in [1.54, 1.807) is 0 Å². The summed E-state index contributed by atoms with van der Waals surface area (Å²) in [4.78, 5) is 11.0. The first-order valence-electron chi connectivity index (χ1n) is 11.4. The second kappa shape index (κ2) is 13.4. The fourth-order valence-corrected chi connectivity index (χ4v) is 5.13. The topological polar surface area (TPSA) is 35.5 Å². The molecule has 1 fully saturated rings. The molecule has 0 amide bonds. The van der Waals surface area contributed by atoms with E-state index >= 15 is 0 Å². The lowest BCUT2D eigenvalue weighted by Crippen LogP contribution is -2.16. The number of carbonyl (C=O) groups excluding carboxylic acids is 1. The van der Waals surface area contributed by atoms with Crippen molar-refractivity contribution in [1.82, 2.24) is 0 Å². The Bertz CT molecular complexity index is 988. The van der Waals surface area contributed by atoms with Gasteiger partial charge in [-0.2, -0.15) is 11.8 Å². The minimum Gasteiger partial charge on any atom is -0.493 e. The number of ether oxygens (including phenoxy) is 2. The maximum atomic E-state index is 11.0. The average Bonchev–Trinajstić information content (AvgIpc) is 2.84. The summed E-state index contributed by atoms with van der Waals surface area (Å²) in [6, 6.07) is 14.0. The van der Waals surface area contributed by atoms with Crippen LogP contribution in [0.4, 0.5) is 0 Å². The Morgan fingerprint density at radius 1 is 1.18 bits per heavy atom. The average molecular weight is 483 g/mol. The standard InChI is InChI=1S/C28H31ClO3S/c1-3-28(30)32-17-5-16-31-26-14-9-21(10-15-26)8-11-23-12-13-25(19-27(23)29)24-7-4-6-22(18-24)20-33-2/h3,9-10,12-15,19,22,24H,1,4-7,16-18,20H2,2H3. The van der Waals surface area contributed by atoms with Crippen molar-refractivity contribution in [2.24, 2.45) is 5.92 Å². The van der Waals surface area contributed by atoms with Crippen molar-refractivity contribution in [3.63, 3.8) is 0 Å². The van der Waals surface area contributed by atoms with Crippen LogP contribution >= 0.6 is 23.4 Å². The quantitative estimate of drug-likeness (QED) is 0.169. The van der Waals surface area contributed by atoms with Gasteiger partial charge >= 0.3 is 5.97 Å². The summed E-state index contributed by atoms with van der Waals surface area (Å²) in [5.41, 5.74) is 3.10. The minimum absolute atomic E-state index is 0.313. The Labute approximate surface area is 206 Å². The van der Waals surface area contributed by atoms with Gasteiger partial charge in [-0.1, -0.05) is 42.5 Å². The first kappa shape index (κ1) is 25.3. The van der Waals surface area contributed by atoms with Crippen LogP contribution in [0.5, 0.6) is 5.75 Å². The fraction of sp³-hybridized carbons (Fsp3) is 0.393. The summed E-state index contributed by atoms with van der Waals surface area (Å²) >= 11 is 8.54. The van der Waals surface area contributed by atoms with Crippen LogP contribution in [0.15, 0.2) is 55.1 Å². The van der Waals surface area contributed by atoms with E-state index in [0.717, 1.165) is 33.9 Å². The van der Waals surface area contributed by atoms with Crippen LogP contribution in [0.25, 0.3) is 0 Å². The highest BCUT2D eigenvalue weighted by molar-refractivity contribution is 7.98. The molecule has 2 atom stereocenters. The largest absolute Gasteiger partial charge is 0.493 e. The summed E-state index contributed by atoms with van der Waals surface area (Å²) in [6.45, 7) is 4.14.